The Morgan fingerprint density at radius 2 is 1.80 bits per heavy atom. The highest BCUT2D eigenvalue weighted by atomic mass is 19.1. The van der Waals surface area contributed by atoms with E-state index in [1.807, 2.05) is 41.4 Å². The Hall–Kier alpha value is -3.56. The number of piperidine rings is 1. The Bertz CT molecular complexity index is 1540. The first kappa shape index (κ1) is 31.4. The van der Waals surface area contributed by atoms with Crippen molar-refractivity contribution in [2.75, 3.05) is 26.2 Å². The molecule has 9 heteroatoms. The third kappa shape index (κ3) is 6.84. The van der Waals surface area contributed by atoms with Crippen molar-refractivity contribution in [3.63, 3.8) is 0 Å². The van der Waals surface area contributed by atoms with Gasteiger partial charge >= 0.3 is 6.03 Å². The molecule has 45 heavy (non-hydrogen) atoms. The molecule has 3 aromatic rings. The number of hydrogen-bond donors (Lipinski definition) is 2. The lowest BCUT2D eigenvalue weighted by Gasteiger charge is -2.54. The standard InChI is InChI=1S/C36H45F2N5O2/c1-25(2)40-29-13-16-43(33(20-29)30-19-28(37)11-12-31(30)38)35(45)41-17-18-42(36(24-41)14-7-4-8-15-36)23-27-22-39-32(21-34(27)44)26-9-5-3-6-10-26/h3,5-6,9-12,19,21-22,25,29,33,40H,4,7-8,13-18,20,23-24H2,1-2H3,(H,39,44)/t29-,33+/m1/s1. The summed E-state index contributed by atoms with van der Waals surface area (Å²) in [6.07, 6.45) is 8.34. The van der Waals surface area contributed by atoms with Gasteiger partial charge in [-0.05, 0) is 49.4 Å². The number of amides is 2. The maximum atomic E-state index is 15.1. The maximum absolute atomic E-state index is 15.1. The van der Waals surface area contributed by atoms with Gasteiger partial charge in [0.15, 0.2) is 5.43 Å². The van der Waals surface area contributed by atoms with Gasteiger partial charge in [0.1, 0.15) is 11.6 Å². The number of nitrogens with one attached hydrogen (secondary N) is 2. The first-order valence-electron chi connectivity index (χ1n) is 16.5. The van der Waals surface area contributed by atoms with Crippen LogP contribution >= 0.6 is 0 Å². The number of pyridine rings is 1. The van der Waals surface area contributed by atoms with Gasteiger partial charge in [0.2, 0.25) is 0 Å². The van der Waals surface area contributed by atoms with Crippen LogP contribution in [0.15, 0.2) is 65.6 Å². The number of hydrogen-bond acceptors (Lipinski definition) is 4. The molecule has 0 unspecified atom stereocenters. The van der Waals surface area contributed by atoms with Crippen LogP contribution in [0.3, 0.4) is 0 Å². The zero-order valence-electron chi connectivity index (χ0n) is 26.4. The number of halogens is 2. The summed E-state index contributed by atoms with van der Waals surface area (Å²) in [6, 6.07) is 14.7. The zero-order chi connectivity index (χ0) is 31.6. The number of carbonyl (C=O) groups is 1. The molecular formula is C36H45F2N5O2. The van der Waals surface area contributed by atoms with Gasteiger partial charge in [-0.3, -0.25) is 9.69 Å². The fourth-order valence-electron chi connectivity index (χ4n) is 7.79. The number of aromatic nitrogens is 1. The van der Waals surface area contributed by atoms with Gasteiger partial charge in [0.05, 0.1) is 6.04 Å². The smallest absolute Gasteiger partial charge is 0.320 e. The molecule has 1 aromatic heterocycles. The van der Waals surface area contributed by atoms with Gasteiger partial charge in [-0.2, -0.15) is 0 Å². The van der Waals surface area contributed by atoms with E-state index in [0.29, 0.717) is 39.1 Å². The molecule has 3 fully saturated rings. The van der Waals surface area contributed by atoms with E-state index in [1.165, 1.54) is 6.07 Å². The lowest BCUT2D eigenvalue weighted by Crippen LogP contribution is -2.65. The summed E-state index contributed by atoms with van der Waals surface area (Å²) in [5.74, 6) is -0.985. The molecule has 2 aliphatic heterocycles. The molecule has 0 bridgehead atoms. The molecule has 2 N–H and O–H groups in total. The van der Waals surface area contributed by atoms with Crippen molar-refractivity contribution < 1.29 is 13.6 Å². The summed E-state index contributed by atoms with van der Waals surface area (Å²) in [4.78, 5) is 37.1. The Labute approximate surface area is 264 Å². The van der Waals surface area contributed by atoms with E-state index in [-0.39, 0.29) is 34.6 Å². The van der Waals surface area contributed by atoms with Gasteiger partial charge in [0.25, 0.3) is 0 Å². The summed E-state index contributed by atoms with van der Waals surface area (Å²) in [5.41, 5.74) is 2.51. The monoisotopic (exact) mass is 617 g/mol. The number of aromatic amines is 1. The Balaban J connectivity index is 1.22. The highest BCUT2D eigenvalue weighted by Crippen LogP contribution is 2.39. The molecule has 240 valence electrons. The van der Waals surface area contributed by atoms with Crippen molar-refractivity contribution in [2.24, 2.45) is 0 Å². The largest absolute Gasteiger partial charge is 0.361 e. The molecule has 1 spiro atoms. The molecule has 0 radical (unpaired) electrons. The number of benzene rings is 2. The van der Waals surface area contributed by atoms with Crippen LogP contribution < -0.4 is 10.7 Å². The molecule has 2 amide bonds. The fourth-order valence-corrected chi connectivity index (χ4v) is 7.79. The van der Waals surface area contributed by atoms with Crippen LogP contribution in [0, 0.1) is 11.6 Å². The van der Waals surface area contributed by atoms with Crippen LogP contribution in [0.5, 0.6) is 0 Å². The summed E-state index contributed by atoms with van der Waals surface area (Å²) in [5, 5.41) is 3.54. The number of carbonyl (C=O) groups excluding carboxylic acids is 1. The highest BCUT2D eigenvalue weighted by molar-refractivity contribution is 5.75. The molecule has 2 aromatic carbocycles. The van der Waals surface area contributed by atoms with Gasteiger partial charge in [-0.15, -0.1) is 0 Å². The lowest BCUT2D eigenvalue weighted by atomic mass is 9.78. The van der Waals surface area contributed by atoms with E-state index in [2.05, 4.69) is 29.0 Å². The fraction of sp³-hybridized carbons (Fsp3) is 0.500. The van der Waals surface area contributed by atoms with E-state index in [1.54, 1.807) is 11.0 Å². The van der Waals surface area contributed by atoms with Gasteiger partial charge < -0.3 is 20.1 Å². The molecule has 6 rings (SSSR count). The van der Waals surface area contributed by atoms with Gasteiger partial charge in [-0.25, -0.2) is 13.6 Å². The minimum atomic E-state index is -0.555. The van der Waals surface area contributed by atoms with Crippen LogP contribution in [0.2, 0.25) is 0 Å². The van der Waals surface area contributed by atoms with E-state index >= 15 is 4.39 Å². The molecule has 3 aliphatic rings. The second-order valence-corrected chi connectivity index (χ2v) is 13.4. The number of likely N-dealkylation sites (tertiary alicyclic amines) is 1. The predicted molar refractivity (Wildman–Crippen MR) is 173 cm³/mol. The van der Waals surface area contributed by atoms with Crippen LogP contribution in [0.1, 0.15) is 76.0 Å². The van der Waals surface area contributed by atoms with Crippen molar-refractivity contribution in [3.05, 3.63) is 93.8 Å². The Kier molecular flexibility index (Phi) is 9.38. The van der Waals surface area contributed by atoms with Gasteiger partial charge in [0, 0.05) is 79.4 Å². The van der Waals surface area contributed by atoms with E-state index < -0.39 is 17.7 Å². The normalized spacial score (nSPS) is 22.2. The second-order valence-electron chi connectivity index (χ2n) is 13.4. The summed E-state index contributed by atoms with van der Waals surface area (Å²) in [6.45, 7) is 6.87. The minimum absolute atomic E-state index is 0.00917. The molecule has 7 nitrogen and oxygen atoms in total. The molecule has 3 heterocycles. The summed E-state index contributed by atoms with van der Waals surface area (Å²) >= 11 is 0. The van der Waals surface area contributed by atoms with E-state index in [0.717, 1.165) is 67.5 Å². The number of rotatable bonds is 6. The summed E-state index contributed by atoms with van der Waals surface area (Å²) in [7, 11) is 0. The van der Waals surface area contributed by atoms with Crippen LogP contribution in [-0.4, -0.2) is 69.5 Å². The number of H-pyrrole nitrogens is 1. The van der Waals surface area contributed by atoms with Crippen molar-refractivity contribution >= 4 is 6.03 Å². The first-order chi connectivity index (χ1) is 21.7. The zero-order valence-corrected chi connectivity index (χ0v) is 26.4. The van der Waals surface area contributed by atoms with Crippen molar-refractivity contribution in [1.82, 2.24) is 25.0 Å². The van der Waals surface area contributed by atoms with Crippen molar-refractivity contribution in [2.45, 2.75) is 89.0 Å². The number of piperazine rings is 1. The number of nitrogens with zero attached hydrogens (tertiary/aromatic N) is 3. The Morgan fingerprint density at radius 3 is 2.53 bits per heavy atom. The molecule has 1 saturated carbocycles. The van der Waals surface area contributed by atoms with Crippen LogP contribution in [0.4, 0.5) is 13.6 Å². The molecule has 2 atom stereocenters. The maximum Gasteiger partial charge on any atom is 0.320 e. The molecule has 1 aliphatic carbocycles. The van der Waals surface area contributed by atoms with Crippen LogP contribution in [0.25, 0.3) is 11.3 Å². The number of urea groups is 1. The molecular weight excluding hydrogens is 572 g/mol. The third-order valence-corrected chi connectivity index (χ3v) is 10.0. The average molecular weight is 618 g/mol. The average Bonchev–Trinajstić information content (AvgIpc) is 3.04. The predicted octanol–water partition coefficient (Wildman–Crippen LogP) is 6.46. The van der Waals surface area contributed by atoms with Crippen molar-refractivity contribution in [1.29, 1.82) is 0 Å². The topological polar surface area (TPSA) is 71.7 Å². The van der Waals surface area contributed by atoms with Crippen LogP contribution in [-0.2, 0) is 6.54 Å². The SMILES string of the molecule is CC(C)N[C@@H]1CCN(C(=O)N2CCN(Cc3c[nH]c(-c4ccccc4)cc3=O)C3(CCCCC3)C2)[C@H](c2cc(F)ccc2F)C1. The van der Waals surface area contributed by atoms with Gasteiger partial charge in [-0.1, -0.05) is 63.4 Å². The third-order valence-electron chi connectivity index (χ3n) is 10.0. The summed E-state index contributed by atoms with van der Waals surface area (Å²) < 4.78 is 29.5. The van der Waals surface area contributed by atoms with Crippen molar-refractivity contribution in [3.8, 4) is 11.3 Å². The second kappa shape index (κ2) is 13.4. The molecule has 2 saturated heterocycles. The van der Waals surface area contributed by atoms with E-state index in [9.17, 15) is 14.0 Å². The highest BCUT2D eigenvalue weighted by Gasteiger charge is 2.46. The minimum Gasteiger partial charge on any atom is -0.361 e. The Morgan fingerprint density at radius 1 is 1.02 bits per heavy atom. The van der Waals surface area contributed by atoms with E-state index in [4.69, 9.17) is 0 Å². The quantitative estimate of drug-likeness (QED) is 0.333. The lowest BCUT2D eigenvalue weighted by molar-refractivity contribution is -0.0270. The first-order valence-corrected chi connectivity index (χ1v) is 16.5.